The summed E-state index contributed by atoms with van der Waals surface area (Å²) < 4.78 is 0. The topological polar surface area (TPSA) is 20.2 Å². The van der Waals surface area contributed by atoms with Gasteiger partial charge in [0.25, 0.3) is 0 Å². The Balaban J connectivity index is -0.000000166. The predicted octanol–water partition coefficient (Wildman–Crippen LogP) is 5.64. The molecule has 0 amide bonds. The van der Waals surface area contributed by atoms with Crippen LogP contribution in [0.3, 0.4) is 0 Å². The molecular weight excluding hydrogens is 184 g/mol. The summed E-state index contributed by atoms with van der Waals surface area (Å²) in [6, 6.07) is 0. The Hall–Kier alpha value is -0.720. The summed E-state index contributed by atoms with van der Waals surface area (Å²) in [6.07, 6.45) is 9.37. The molecule has 0 aliphatic rings. The van der Waals surface area contributed by atoms with Crippen LogP contribution in [0.15, 0.2) is 24.5 Å². The molecule has 0 radical (unpaired) electrons. The van der Waals surface area contributed by atoms with Crippen LogP contribution in [0.1, 0.15) is 66.7 Å². The summed E-state index contributed by atoms with van der Waals surface area (Å²) in [4.78, 5) is 0. The van der Waals surface area contributed by atoms with E-state index in [1.54, 1.807) is 12.2 Å². The molecule has 1 nitrogen and oxygen atoms in total. The van der Waals surface area contributed by atoms with E-state index in [4.69, 9.17) is 5.11 Å². The molecular formula is C14H30O. The smallest absolute Gasteiger partial charge is 0.0919 e. The fourth-order valence-corrected chi connectivity index (χ4v) is 0.754. The van der Waals surface area contributed by atoms with Crippen molar-refractivity contribution < 1.29 is 5.11 Å². The third-order valence-electron chi connectivity index (χ3n) is 1.63. The largest absolute Gasteiger partial charge is 0.512 e. The minimum Gasteiger partial charge on any atom is -0.512 e. The van der Waals surface area contributed by atoms with Crippen molar-refractivity contribution >= 4 is 0 Å². The van der Waals surface area contributed by atoms with E-state index in [2.05, 4.69) is 20.4 Å². The average Bonchev–Trinajstić information content (AvgIpc) is 2.30. The second-order valence-electron chi connectivity index (χ2n) is 2.95. The van der Waals surface area contributed by atoms with Gasteiger partial charge in [-0.1, -0.05) is 73.0 Å². The first-order valence-corrected chi connectivity index (χ1v) is 6.23. The highest BCUT2D eigenvalue weighted by Gasteiger charge is 1.78. The van der Waals surface area contributed by atoms with E-state index in [9.17, 15) is 0 Å². The molecule has 0 saturated carbocycles. The highest BCUT2D eigenvalue weighted by Crippen LogP contribution is 1.95. The van der Waals surface area contributed by atoms with Crippen molar-refractivity contribution in [3.05, 3.63) is 24.5 Å². The number of aliphatic hydroxyl groups is 1. The van der Waals surface area contributed by atoms with Crippen molar-refractivity contribution in [2.75, 3.05) is 0 Å². The van der Waals surface area contributed by atoms with Gasteiger partial charge in [0.05, 0.1) is 5.76 Å². The standard InChI is InChI=1S/C6H10O.C6H14.C2H6/c1-3-5-6(7)4-2;1-3-5-6-4-2;1-2/h3,5,7H,1,4H2,2H3;3-6H2,1-2H3;1-2H3/b6-5+;;. The lowest BCUT2D eigenvalue weighted by atomic mass is 10.2. The van der Waals surface area contributed by atoms with E-state index in [1.807, 2.05) is 20.8 Å². The lowest BCUT2D eigenvalue weighted by Crippen LogP contribution is -1.71. The van der Waals surface area contributed by atoms with Crippen molar-refractivity contribution in [2.24, 2.45) is 0 Å². The molecule has 92 valence electrons. The zero-order valence-corrected chi connectivity index (χ0v) is 11.3. The Kier molecular flexibility index (Phi) is 30.7. The number of aliphatic hydroxyl groups excluding tert-OH is 1. The molecule has 1 heteroatoms. The highest BCUT2D eigenvalue weighted by molar-refractivity contribution is 5.01. The van der Waals surface area contributed by atoms with Crippen molar-refractivity contribution in [3.8, 4) is 0 Å². The van der Waals surface area contributed by atoms with Gasteiger partial charge in [-0.15, -0.1) is 0 Å². The minimum absolute atomic E-state index is 0.384. The van der Waals surface area contributed by atoms with Crippen LogP contribution in [-0.4, -0.2) is 5.11 Å². The Morgan fingerprint density at radius 1 is 1.07 bits per heavy atom. The van der Waals surface area contributed by atoms with Gasteiger partial charge in [0.2, 0.25) is 0 Å². The van der Waals surface area contributed by atoms with Gasteiger partial charge in [-0.2, -0.15) is 0 Å². The molecule has 0 aromatic carbocycles. The maximum atomic E-state index is 8.65. The molecule has 0 bridgehead atoms. The van der Waals surface area contributed by atoms with Gasteiger partial charge in [-0.25, -0.2) is 0 Å². The molecule has 0 spiro atoms. The number of allylic oxidation sites excluding steroid dienone is 3. The molecule has 0 aromatic rings. The van der Waals surface area contributed by atoms with Crippen molar-refractivity contribution in [1.29, 1.82) is 0 Å². The SMILES string of the molecule is C=C/C=C(/O)CC.CC.CCCCCC. The molecule has 0 aliphatic carbocycles. The monoisotopic (exact) mass is 214 g/mol. The summed E-state index contributed by atoms with van der Waals surface area (Å²) in [7, 11) is 0. The molecule has 0 fully saturated rings. The Labute approximate surface area is 96.9 Å². The second kappa shape index (κ2) is 23.3. The Morgan fingerprint density at radius 2 is 1.47 bits per heavy atom. The summed E-state index contributed by atoms with van der Waals surface area (Å²) in [6.45, 7) is 13.8. The third-order valence-corrected chi connectivity index (χ3v) is 1.63. The van der Waals surface area contributed by atoms with Crippen LogP contribution in [0.5, 0.6) is 0 Å². The van der Waals surface area contributed by atoms with Crippen molar-refractivity contribution in [1.82, 2.24) is 0 Å². The predicted molar refractivity (Wildman–Crippen MR) is 72.4 cm³/mol. The van der Waals surface area contributed by atoms with Crippen LogP contribution in [0.4, 0.5) is 0 Å². The summed E-state index contributed by atoms with van der Waals surface area (Å²) in [5, 5.41) is 8.65. The Morgan fingerprint density at radius 3 is 1.60 bits per heavy atom. The average molecular weight is 214 g/mol. The van der Waals surface area contributed by atoms with Crippen molar-refractivity contribution in [3.63, 3.8) is 0 Å². The summed E-state index contributed by atoms with van der Waals surface area (Å²) in [5.74, 6) is 0.384. The van der Waals surface area contributed by atoms with Crippen LogP contribution in [0, 0.1) is 0 Å². The Bertz CT molecular complexity index is 121. The zero-order chi connectivity index (χ0) is 12.5. The number of hydrogen-bond donors (Lipinski definition) is 1. The normalized spacial score (nSPS) is 9.27. The van der Waals surface area contributed by atoms with Gasteiger partial charge in [0.15, 0.2) is 0 Å². The summed E-state index contributed by atoms with van der Waals surface area (Å²) >= 11 is 0. The minimum atomic E-state index is 0.384. The molecule has 0 saturated heterocycles. The lowest BCUT2D eigenvalue weighted by molar-refractivity contribution is 0.395. The second-order valence-corrected chi connectivity index (χ2v) is 2.95. The first-order chi connectivity index (χ1) is 7.22. The maximum absolute atomic E-state index is 8.65. The van der Waals surface area contributed by atoms with Crippen LogP contribution in [0.25, 0.3) is 0 Å². The van der Waals surface area contributed by atoms with Crippen molar-refractivity contribution in [2.45, 2.75) is 66.7 Å². The van der Waals surface area contributed by atoms with E-state index >= 15 is 0 Å². The quantitative estimate of drug-likeness (QED) is 0.357. The van der Waals surface area contributed by atoms with Gasteiger partial charge in [0, 0.05) is 6.42 Å². The third kappa shape index (κ3) is 31.9. The molecule has 0 heterocycles. The number of unbranched alkanes of at least 4 members (excludes halogenated alkanes) is 3. The fraction of sp³-hybridized carbons (Fsp3) is 0.714. The first kappa shape index (κ1) is 19.8. The zero-order valence-electron chi connectivity index (χ0n) is 11.3. The van der Waals surface area contributed by atoms with E-state index in [1.165, 1.54) is 25.7 Å². The highest BCUT2D eigenvalue weighted by atomic mass is 16.3. The molecule has 1 N–H and O–H groups in total. The fourth-order valence-electron chi connectivity index (χ4n) is 0.754. The van der Waals surface area contributed by atoms with Gasteiger partial charge in [-0.05, 0) is 6.08 Å². The van der Waals surface area contributed by atoms with Gasteiger partial charge >= 0.3 is 0 Å². The van der Waals surface area contributed by atoms with Crippen LogP contribution in [0.2, 0.25) is 0 Å². The van der Waals surface area contributed by atoms with Crippen LogP contribution in [-0.2, 0) is 0 Å². The molecule has 0 aromatic heterocycles. The first-order valence-electron chi connectivity index (χ1n) is 6.23. The van der Waals surface area contributed by atoms with Gasteiger partial charge < -0.3 is 5.11 Å². The maximum Gasteiger partial charge on any atom is 0.0919 e. The lowest BCUT2D eigenvalue weighted by Gasteiger charge is -1.86. The van der Waals surface area contributed by atoms with Crippen LogP contribution < -0.4 is 0 Å². The summed E-state index contributed by atoms with van der Waals surface area (Å²) in [5.41, 5.74) is 0. The van der Waals surface area contributed by atoms with Gasteiger partial charge in [-0.3, -0.25) is 0 Å². The van der Waals surface area contributed by atoms with E-state index in [0.29, 0.717) is 12.2 Å². The van der Waals surface area contributed by atoms with E-state index in [-0.39, 0.29) is 0 Å². The molecule has 15 heavy (non-hydrogen) atoms. The molecule has 0 unspecified atom stereocenters. The number of hydrogen-bond acceptors (Lipinski definition) is 1. The molecule has 0 aliphatic heterocycles. The van der Waals surface area contributed by atoms with E-state index in [0.717, 1.165) is 0 Å². The van der Waals surface area contributed by atoms with E-state index < -0.39 is 0 Å². The molecule has 0 atom stereocenters. The number of rotatable bonds is 5. The van der Waals surface area contributed by atoms with Gasteiger partial charge in [0.1, 0.15) is 0 Å². The van der Waals surface area contributed by atoms with Crippen LogP contribution >= 0.6 is 0 Å². The molecule has 0 rings (SSSR count).